The van der Waals surface area contributed by atoms with Gasteiger partial charge in [-0.15, -0.1) is 0 Å². The van der Waals surface area contributed by atoms with Crippen LogP contribution in [0.2, 0.25) is 0 Å². The van der Waals surface area contributed by atoms with Crippen LogP contribution in [-0.2, 0) is 21.2 Å². The molecule has 0 amide bonds. The molecule has 1 aliphatic rings. The lowest BCUT2D eigenvalue weighted by molar-refractivity contribution is 0.0518. The third-order valence-corrected chi connectivity index (χ3v) is 5.98. The molecule has 132 valence electrons. The topological polar surface area (TPSA) is 82.4 Å². The molecule has 0 unspecified atom stereocenters. The molecule has 7 heteroatoms. The van der Waals surface area contributed by atoms with Gasteiger partial charge in [0.15, 0.2) is 5.78 Å². The monoisotopic (exact) mass is 361 g/mol. The fraction of sp³-hybridized carbons (Fsp3) is 0.333. The summed E-state index contributed by atoms with van der Waals surface area (Å²) in [5.41, 5.74) is 1.46. The van der Waals surface area contributed by atoms with Crippen molar-refractivity contribution >= 4 is 21.8 Å². The van der Waals surface area contributed by atoms with E-state index in [0.29, 0.717) is 30.5 Å². The van der Waals surface area contributed by atoms with E-state index in [1.807, 2.05) is 6.92 Å². The number of hydrogen-bond donors (Lipinski definition) is 0. The quantitative estimate of drug-likeness (QED) is 0.782. The van der Waals surface area contributed by atoms with E-state index < -0.39 is 16.0 Å². The van der Waals surface area contributed by atoms with Crippen molar-refractivity contribution in [2.75, 3.05) is 6.61 Å². The van der Waals surface area contributed by atoms with Crippen LogP contribution >= 0.6 is 0 Å². The first-order valence-corrected chi connectivity index (χ1v) is 9.57. The van der Waals surface area contributed by atoms with E-state index >= 15 is 0 Å². The van der Waals surface area contributed by atoms with Gasteiger partial charge in [0.05, 0.1) is 11.5 Å². The molecule has 2 aromatic rings. The number of nitrogens with zero attached hydrogens (tertiary/aromatic N) is 1. The number of fused-ring (bicyclic) bond motifs is 1. The first-order valence-electron chi connectivity index (χ1n) is 8.13. The van der Waals surface area contributed by atoms with Crippen molar-refractivity contribution in [2.24, 2.45) is 0 Å². The van der Waals surface area contributed by atoms with Crippen LogP contribution in [0, 0.1) is 6.92 Å². The van der Waals surface area contributed by atoms with Gasteiger partial charge in [0.2, 0.25) is 0 Å². The molecular formula is C18H19NO5S. The van der Waals surface area contributed by atoms with E-state index in [4.69, 9.17) is 4.74 Å². The normalized spacial score (nSPS) is 14.2. The van der Waals surface area contributed by atoms with Gasteiger partial charge < -0.3 is 4.74 Å². The standard InChI is InChI=1S/C18H19NO5S/c1-3-24-18(21)16-11-14-15(5-4-6-17(14)20)19(16)25(22,23)13-9-7-12(2)8-10-13/h7-11H,3-6H2,1-2H3. The average molecular weight is 361 g/mol. The van der Waals surface area contributed by atoms with Gasteiger partial charge in [-0.05, 0) is 44.9 Å². The molecule has 0 N–H and O–H groups in total. The fourth-order valence-corrected chi connectivity index (χ4v) is 4.56. The molecule has 1 aromatic heterocycles. The molecule has 6 nitrogen and oxygen atoms in total. The number of hydrogen-bond acceptors (Lipinski definition) is 5. The molecule has 1 aliphatic carbocycles. The van der Waals surface area contributed by atoms with Gasteiger partial charge in [-0.1, -0.05) is 17.7 Å². The zero-order valence-electron chi connectivity index (χ0n) is 14.1. The van der Waals surface area contributed by atoms with Gasteiger partial charge in [0.1, 0.15) is 5.69 Å². The molecular weight excluding hydrogens is 342 g/mol. The molecule has 0 saturated heterocycles. The van der Waals surface area contributed by atoms with Gasteiger partial charge in [-0.25, -0.2) is 17.2 Å². The highest BCUT2D eigenvalue weighted by atomic mass is 32.2. The second kappa shape index (κ2) is 6.48. The maximum atomic E-state index is 13.2. The first-order chi connectivity index (χ1) is 11.9. The van der Waals surface area contributed by atoms with Crippen molar-refractivity contribution in [1.29, 1.82) is 0 Å². The number of ketones is 1. The van der Waals surface area contributed by atoms with Crippen LogP contribution in [0.5, 0.6) is 0 Å². The summed E-state index contributed by atoms with van der Waals surface area (Å²) in [6, 6.07) is 7.73. The largest absolute Gasteiger partial charge is 0.461 e. The Morgan fingerprint density at radius 2 is 1.88 bits per heavy atom. The van der Waals surface area contributed by atoms with Gasteiger partial charge in [-0.3, -0.25) is 4.79 Å². The maximum absolute atomic E-state index is 13.2. The van der Waals surface area contributed by atoms with E-state index in [2.05, 4.69) is 0 Å². The molecule has 0 fully saturated rings. The van der Waals surface area contributed by atoms with Crippen molar-refractivity contribution in [2.45, 2.75) is 38.0 Å². The van der Waals surface area contributed by atoms with E-state index in [1.54, 1.807) is 19.1 Å². The Kier molecular flexibility index (Phi) is 4.51. The van der Waals surface area contributed by atoms with Crippen LogP contribution in [0.25, 0.3) is 0 Å². The lowest BCUT2D eigenvalue weighted by Crippen LogP contribution is -2.23. The predicted octanol–water partition coefficient (Wildman–Crippen LogP) is 2.73. The molecule has 0 spiro atoms. The van der Waals surface area contributed by atoms with Crippen LogP contribution in [-0.4, -0.2) is 30.7 Å². The minimum atomic E-state index is -4.01. The SMILES string of the molecule is CCOC(=O)c1cc2c(n1S(=O)(=O)c1ccc(C)cc1)CCCC2=O. The minimum absolute atomic E-state index is 0.0695. The first kappa shape index (κ1) is 17.4. The number of Topliss-reactive ketones (excluding diaryl/α,β-unsaturated/α-hetero) is 1. The van der Waals surface area contributed by atoms with Crippen molar-refractivity contribution in [3.05, 3.63) is 52.8 Å². The maximum Gasteiger partial charge on any atom is 0.356 e. The zero-order chi connectivity index (χ0) is 18.2. The van der Waals surface area contributed by atoms with Crippen molar-refractivity contribution < 1.29 is 22.7 Å². The van der Waals surface area contributed by atoms with Gasteiger partial charge in [0.25, 0.3) is 10.0 Å². The summed E-state index contributed by atoms with van der Waals surface area (Å²) in [6.45, 7) is 3.62. The number of esters is 1. The molecule has 0 atom stereocenters. The van der Waals surface area contributed by atoms with Gasteiger partial charge >= 0.3 is 5.97 Å². The molecule has 1 heterocycles. The molecule has 0 saturated carbocycles. The number of benzene rings is 1. The second-order valence-corrected chi connectivity index (χ2v) is 7.76. The fourth-order valence-electron chi connectivity index (χ4n) is 3.00. The van der Waals surface area contributed by atoms with Gasteiger partial charge in [0, 0.05) is 17.7 Å². The van der Waals surface area contributed by atoms with Crippen LogP contribution in [0.1, 0.15) is 51.9 Å². The van der Waals surface area contributed by atoms with E-state index in [1.165, 1.54) is 18.2 Å². The van der Waals surface area contributed by atoms with Crippen LogP contribution in [0.15, 0.2) is 35.2 Å². The summed E-state index contributed by atoms with van der Waals surface area (Å²) in [5, 5.41) is 0. The number of aryl methyl sites for hydroxylation is 1. The number of rotatable bonds is 4. The number of carbonyl (C=O) groups excluding carboxylic acids is 2. The molecule has 0 radical (unpaired) electrons. The van der Waals surface area contributed by atoms with Crippen LogP contribution in [0.3, 0.4) is 0 Å². The lowest BCUT2D eigenvalue weighted by atomic mass is 9.97. The Morgan fingerprint density at radius 1 is 1.20 bits per heavy atom. The van der Waals surface area contributed by atoms with Crippen LogP contribution in [0.4, 0.5) is 0 Å². The minimum Gasteiger partial charge on any atom is -0.461 e. The highest BCUT2D eigenvalue weighted by molar-refractivity contribution is 7.90. The summed E-state index contributed by atoms with van der Waals surface area (Å²) in [4.78, 5) is 24.6. The molecule has 25 heavy (non-hydrogen) atoms. The zero-order valence-corrected chi connectivity index (χ0v) is 14.9. The van der Waals surface area contributed by atoms with Crippen LogP contribution < -0.4 is 0 Å². The molecule has 3 rings (SSSR count). The average Bonchev–Trinajstić information content (AvgIpc) is 2.97. The smallest absolute Gasteiger partial charge is 0.356 e. The van der Waals surface area contributed by atoms with Crippen molar-refractivity contribution in [3.8, 4) is 0 Å². The lowest BCUT2D eigenvalue weighted by Gasteiger charge is -2.16. The Balaban J connectivity index is 2.24. The second-order valence-electron chi connectivity index (χ2n) is 5.97. The van der Waals surface area contributed by atoms with E-state index in [9.17, 15) is 18.0 Å². The number of ether oxygens (including phenoxy) is 1. The highest BCUT2D eigenvalue weighted by Crippen LogP contribution is 2.29. The Bertz CT molecular complexity index is 939. The van der Waals surface area contributed by atoms with Gasteiger partial charge in [-0.2, -0.15) is 0 Å². The summed E-state index contributed by atoms with van der Waals surface area (Å²) in [7, 11) is -4.01. The third kappa shape index (κ3) is 3.00. The molecule has 1 aromatic carbocycles. The van der Waals surface area contributed by atoms with Crippen molar-refractivity contribution in [3.63, 3.8) is 0 Å². The number of carbonyl (C=O) groups is 2. The Morgan fingerprint density at radius 3 is 2.52 bits per heavy atom. The Labute approximate surface area is 146 Å². The van der Waals surface area contributed by atoms with E-state index in [-0.39, 0.29) is 23.0 Å². The Hall–Kier alpha value is -2.41. The van der Waals surface area contributed by atoms with E-state index in [0.717, 1.165) is 9.54 Å². The predicted molar refractivity (Wildman–Crippen MR) is 91.4 cm³/mol. The number of aromatic nitrogens is 1. The molecule has 0 bridgehead atoms. The highest BCUT2D eigenvalue weighted by Gasteiger charge is 2.33. The summed E-state index contributed by atoms with van der Waals surface area (Å²) < 4.78 is 32.3. The summed E-state index contributed by atoms with van der Waals surface area (Å²) in [6.07, 6.45) is 1.33. The third-order valence-electron chi connectivity index (χ3n) is 4.22. The van der Waals surface area contributed by atoms with Crippen molar-refractivity contribution in [1.82, 2.24) is 3.97 Å². The summed E-state index contributed by atoms with van der Waals surface area (Å²) in [5.74, 6) is -0.898. The molecule has 0 aliphatic heterocycles. The summed E-state index contributed by atoms with van der Waals surface area (Å²) >= 11 is 0.